The molecule has 7 atom stereocenters. The second-order valence-corrected chi connectivity index (χ2v) is 8.49. The summed E-state index contributed by atoms with van der Waals surface area (Å²) < 4.78 is 27.6. The summed E-state index contributed by atoms with van der Waals surface area (Å²) in [4.78, 5) is 47.6. The fraction of sp³-hybridized carbons (Fsp3) is 0.826. The van der Waals surface area contributed by atoms with Gasteiger partial charge in [-0.3, -0.25) is 14.4 Å². The Morgan fingerprint density at radius 3 is 2.41 bits per heavy atom. The molecule has 0 bridgehead atoms. The van der Waals surface area contributed by atoms with Crippen LogP contribution in [0.3, 0.4) is 0 Å². The van der Waals surface area contributed by atoms with Crippen LogP contribution in [0.5, 0.6) is 0 Å². The summed E-state index contributed by atoms with van der Waals surface area (Å²) in [5, 5.41) is 0. The van der Waals surface area contributed by atoms with Crippen LogP contribution in [0.1, 0.15) is 65.7 Å². The number of rotatable bonds is 11. The molecule has 32 heavy (non-hydrogen) atoms. The van der Waals surface area contributed by atoms with Crippen LogP contribution < -0.4 is 0 Å². The van der Waals surface area contributed by atoms with E-state index in [1.807, 2.05) is 6.92 Å². The highest BCUT2D eigenvalue weighted by atomic mass is 16.7. The van der Waals surface area contributed by atoms with E-state index in [1.54, 1.807) is 0 Å². The average molecular weight is 457 g/mol. The van der Waals surface area contributed by atoms with Gasteiger partial charge in [-0.05, 0) is 38.5 Å². The van der Waals surface area contributed by atoms with Crippen molar-refractivity contribution in [3.8, 4) is 0 Å². The maximum Gasteiger partial charge on any atom is 0.312 e. The zero-order chi connectivity index (χ0) is 23.7. The van der Waals surface area contributed by atoms with E-state index in [0.717, 1.165) is 25.5 Å². The molecule has 1 saturated heterocycles. The van der Waals surface area contributed by atoms with Crippen LogP contribution in [0.25, 0.3) is 0 Å². The van der Waals surface area contributed by atoms with Gasteiger partial charge in [0.2, 0.25) is 0 Å². The van der Waals surface area contributed by atoms with Gasteiger partial charge in [0.15, 0.2) is 6.29 Å². The lowest BCUT2D eigenvalue weighted by molar-refractivity contribution is -0.195. The van der Waals surface area contributed by atoms with Crippen LogP contribution in [0, 0.1) is 17.8 Å². The number of carbonyl (C=O) groups is 4. The lowest BCUT2D eigenvalue weighted by Gasteiger charge is -2.29. The van der Waals surface area contributed by atoms with Gasteiger partial charge in [-0.1, -0.05) is 6.92 Å². The molecule has 0 radical (unpaired) electrons. The normalized spacial score (nSPS) is 29.6. The number of aldehydes is 1. The smallest absolute Gasteiger partial charge is 0.312 e. The van der Waals surface area contributed by atoms with E-state index in [9.17, 15) is 19.2 Å². The number of esters is 3. The van der Waals surface area contributed by atoms with Crippen LogP contribution in [0.4, 0.5) is 0 Å². The summed E-state index contributed by atoms with van der Waals surface area (Å²) in [6, 6.07) is 0. The quantitative estimate of drug-likeness (QED) is 0.263. The van der Waals surface area contributed by atoms with Crippen LogP contribution in [0.2, 0.25) is 0 Å². The summed E-state index contributed by atoms with van der Waals surface area (Å²) in [5.74, 6) is -2.82. The van der Waals surface area contributed by atoms with Crippen molar-refractivity contribution in [2.24, 2.45) is 17.8 Å². The van der Waals surface area contributed by atoms with Crippen molar-refractivity contribution in [3.63, 3.8) is 0 Å². The summed E-state index contributed by atoms with van der Waals surface area (Å²) >= 11 is 0. The zero-order valence-corrected chi connectivity index (χ0v) is 19.4. The average Bonchev–Trinajstić information content (AvgIpc) is 3.07. The van der Waals surface area contributed by atoms with E-state index < -0.39 is 48.1 Å². The van der Waals surface area contributed by atoms with Gasteiger partial charge in [-0.25, -0.2) is 0 Å². The van der Waals surface area contributed by atoms with E-state index in [-0.39, 0.29) is 12.2 Å². The summed E-state index contributed by atoms with van der Waals surface area (Å²) in [6.07, 6.45) is 3.15. The predicted molar refractivity (Wildman–Crippen MR) is 112 cm³/mol. The Bertz CT molecular complexity index is 643. The minimum atomic E-state index is -0.697. The van der Waals surface area contributed by atoms with Gasteiger partial charge in [0.25, 0.3) is 0 Å². The molecule has 1 heterocycles. The number of methoxy groups -OCH3 is 1. The SMILES string of the molecule is CCC(C(=O)OC)C(CC[C@H]1[C@H](C=O)[C@@H](OC2CCCCO2)C[C@H]1OC(C)=O)OC(C)=O. The maximum absolute atomic E-state index is 12.2. The highest BCUT2D eigenvalue weighted by Gasteiger charge is 2.47. The van der Waals surface area contributed by atoms with Crippen LogP contribution in [-0.2, 0) is 42.9 Å². The first-order valence-corrected chi connectivity index (χ1v) is 11.4. The van der Waals surface area contributed by atoms with E-state index in [0.29, 0.717) is 32.3 Å². The molecule has 1 aliphatic heterocycles. The molecule has 3 unspecified atom stereocenters. The first-order valence-electron chi connectivity index (χ1n) is 11.4. The molecule has 2 rings (SSSR count). The number of ether oxygens (including phenoxy) is 5. The topological polar surface area (TPSA) is 114 Å². The Balaban J connectivity index is 2.15. The van der Waals surface area contributed by atoms with Crippen molar-refractivity contribution in [2.45, 2.75) is 90.3 Å². The minimum absolute atomic E-state index is 0.321. The minimum Gasteiger partial charge on any atom is -0.469 e. The Morgan fingerprint density at radius 2 is 1.88 bits per heavy atom. The fourth-order valence-electron chi connectivity index (χ4n) is 4.80. The van der Waals surface area contributed by atoms with Crippen LogP contribution in [0.15, 0.2) is 0 Å². The molecule has 9 nitrogen and oxygen atoms in total. The molecule has 1 saturated carbocycles. The van der Waals surface area contributed by atoms with Crippen molar-refractivity contribution in [2.75, 3.05) is 13.7 Å². The highest BCUT2D eigenvalue weighted by Crippen LogP contribution is 2.40. The van der Waals surface area contributed by atoms with E-state index >= 15 is 0 Å². The monoisotopic (exact) mass is 456 g/mol. The standard InChI is InChI=1S/C23H36O9/c1-5-16(23(27)28-4)19(30-14(2)25)10-9-17-18(13-24)21(12-20(17)31-15(3)26)32-22-8-6-7-11-29-22/h13,16-22H,5-12H2,1-4H3/t16?,17-,18-,19?,20+,21-,22?/m0/s1. The van der Waals surface area contributed by atoms with Gasteiger partial charge in [-0.15, -0.1) is 0 Å². The van der Waals surface area contributed by atoms with Gasteiger partial charge >= 0.3 is 17.9 Å². The van der Waals surface area contributed by atoms with Crippen molar-refractivity contribution in [3.05, 3.63) is 0 Å². The molecule has 0 aromatic carbocycles. The lowest BCUT2D eigenvalue weighted by Crippen LogP contribution is -2.35. The first-order chi connectivity index (χ1) is 15.3. The van der Waals surface area contributed by atoms with Crippen molar-refractivity contribution >= 4 is 24.2 Å². The highest BCUT2D eigenvalue weighted by molar-refractivity contribution is 5.74. The number of hydrogen-bond donors (Lipinski definition) is 0. The van der Waals surface area contributed by atoms with Crippen molar-refractivity contribution in [1.29, 1.82) is 0 Å². The Kier molecular flexibility index (Phi) is 10.6. The summed E-state index contributed by atoms with van der Waals surface area (Å²) in [5.41, 5.74) is 0. The number of carbonyl (C=O) groups excluding carboxylic acids is 4. The summed E-state index contributed by atoms with van der Waals surface area (Å²) in [7, 11) is 1.29. The molecule has 0 N–H and O–H groups in total. The van der Waals surface area contributed by atoms with Gasteiger partial charge < -0.3 is 28.5 Å². The van der Waals surface area contributed by atoms with Gasteiger partial charge in [0, 0.05) is 38.7 Å². The van der Waals surface area contributed by atoms with E-state index in [4.69, 9.17) is 23.7 Å². The molecule has 1 aliphatic carbocycles. The molecule has 0 aromatic heterocycles. The van der Waals surface area contributed by atoms with E-state index in [1.165, 1.54) is 21.0 Å². The third-order valence-corrected chi connectivity index (χ3v) is 6.30. The third-order valence-electron chi connectivity index (χ3n) is 6.30. The lowest BCUT2D eigenvalue weighted by atomic mass is 9.86. The second kappa shape index (κ2) is 12.9. The molecule has 0 aromatic rings. The van der Waals surface area contributed by atoms with Gasteiger partial charge in [-0.2, -0.15) is 0 Å². The van der Waals surface area contributed by atoms with Gasteiger partial charge in [0.1, 0.15) is 18.5 Å². The molecule has 2 fully saturated rings. The predicted octanol–water partition coefficient (Wildman–Crippen LogP) is 2.58. The van der Waals surface area contributed by atoms with Gasteiger partial charge in [0.05, 0.1) is 19.1 Å². The fourth-order valence-corrected chi connectivity index (χ4v) is 4.80. The maximum atomic E-state index is 12.2. The molecule has 0 spiro atoms. The first kappa shape index (κ1) is 26.3. The Morgan fingerprint density at radius 1 is 1.12 bits per heavy atom. The molecule has 182 valence electrons. The third kappa shape index (κ3) is 7.27. The second-order valence-electron chi connectivity index (χ2n) is 8.49. The molecule has 9 heteroatoms. The molecular weight excluding hydrogens is 420 g/mol. The molecule has 2 aliphatic rings. The molecule has 0 amide bonds. The van der Waals surface area contributed by atoms with Crippen molar-refractivity contribution < 1.29 is 42.9 Å². The molecular formula is C23H36O9. The Hall–Kier alpha value is -2.00. The Labute approximate surface area is 189 Å². The number of hydrogen-bond acceptors (Lipinski definition) is 9. The largest absolute Gasteiger partial charge is 0.469 e. The zero-order valence-electron chi connectivity index (χ0n) is 19.4. The van der Waals surface area contributed by atoms with Crippen LogP contribution in [-0.4, -0.2) is 62.5 Å². The van der Waals surface area contributed by atoms with E-state index in [2.05, 4.69) is 0 Å². The summed E-state index contributed by atoms with van der Waals surface area (Å²) in [6.45, 7) is 5.06. The van der Waals surface area contributed by atoms with Crippen molar-refractivity contribution in [1.82, 2.24) is 0 Å². The van der Waals surface area contributed by atoms with Crippen LogP contribution >= 0.6 is 0 Å².